The van der Waals surface area contributed by atoms with Gasteiger partial charge in [0.2, 0.25) is 18.6 Å². The number of rotatable bonds is 4. The Labute approximate surface area is 155 Å². The zero-order chi connectivity index (χ0) is 17.9. The normalized spacial score (nSPS) is 18.8. The summed E-state index contributed by atoms with van der Waals surface area (Å²) in [4.78, 5) is 13.9. The number of aromatic nitrogens is 2. The number of carbonyl (C=O) groups excluding carboxylic acids is 1. The van der Waals surface area contributed by atoms with Crippen LogP contribution >= 0.6 is 11.6 Å². The van der Waals surface area contributed by atoms with Crippen LogP contribution in [0.5, 0.6) is 11.5 Å². The molecule has 0 radical (unpaired) electrons. The fourth-order valence-electron chi connectivity index (χ4n) is 3.17. The van der Waals surface area contributed by atoms with Gasteiger partial charge in [-0.15, -0.1) is 21.8 Å². The summed E-state index contributed by atoms with van der Waals surface area (Å²) < 4.78 is 16.6. The average molecular weight is 379 g/mol. The van der Waals surface area contributed by atoms with Crippen LogP contribution in [0, 0.1) is 0 Å². The summed E-state index contributed by atoms with van der Waals surface area (Å²) in [5, 5.41) is 11.1. The van der Waals surface area contributed by atoms with Crippen molar-refractivity contribution < 1.29 is 18.7 Å². The number of alkyl halides is 1. The predicted octanol–water partition coefficient (Wildman–Crippen LogP) is 2.59. The van der Waals surface area contributed by atoms with Gasteiger partial charge in [-0.25, -0.2) is 4.79 Å². The first kappa shape index (κ1) is 17.0. The zero-order valence-electron chi connectivity index (χ0n) is 14.1. The number of nitrogens with zero attached hydrogens (tertiary/aromatic N) is 3. The lowest BCUT2D eigenvalue weighted by Gasteiger charge is -2.31. The van der Waals surface area contributed by atoms with Crippen molar-refractivity contribution in [2.75, 3.05) is 32.3 Å². The first-order valence-electron chi connectivity index (χ1n) is 8.57. The monoisotopic (exact) mass is 378 g/mol. The molecular weight excluding hydrogens is 360 g/mol. The van der Waals surface area contributed by atoms with Crippen LogP contribution in [0.2, 0.25) is 0 Å². The second kappa shape index (κ2) is 7.41. The van der Waals surface area contributed by atoms with E-state index >= 15 is 0 Å². The van der Waals surface area contributed by atoms with E-state index < -0.39 is 0 Å². The number of urea groups is 1. The molecule has 1 saturated heterocycles. The third-order valence-electron chi connectivity index (χ3n) is 4.49. The molecule has 0 bridgehead atoms. The number of hydrogen-bond donors (Lipinski definition) is 1. The van der Waals surface area contributed by atoms with Gasteiger partial charge in [0.15, 0.2) is 11.5 Å². The van der Waals surface area contributed by atoms with Gasteiger partial charge >= 0.3 is 6.03 Å². The van der Waals surface area contributed by atoms with E-state index in [4.69, 9.17) is 25.5 Å². The maximum absolute atomic E-state index is 12.1. The first-order valence-corrected chi connectivity index (χ1v) is 9.10. The average Bonchev–Trinajstić information content (AvgIpc) is 3.34. The number of amides is 2. The molecule has 26 heavy (non-hydrogen) atoms. The van der Waals surface area contributed by atoms with Gasteiger partial charge in [-0.05, 0) is 31.0 Å². The van der Waals surface area contributed by atoms with Gasteiger partial charge in [-0.1, -0.05) is 0 Å². The predicted molar refractivity (Wildman–Crippen MR) is 93.5 cm³/mol. The largest absolute Gasteiger partial charge is 0.454 e. The van der Waals surface area contributed by atoms with Gasteiger partial charge in [0.05, 0.1) is 5.92 Å². The van der Waals surface area contributed by atoms with E-state index in [0.717, 1.165) is 18.4 Å². The summed E-state index contributed by atoms with van der Waals surface area (Å²) in [6.45, 7) is 1.94. The van der Waals surface area contributed by atoms with Gasteiger partial charge in [0, 0.05) is 31.1 Å². The molecule has 2 amide bonds. The highest BCUT2D eigenvalue weighted by atomic mass is 35.5. The summed E-state index contributed by atoms with van der Waals surface area (Å²) in [7, 11) is 0. The fraction of sp³-hybridized carbons (Fsp3) is 0.471. The molecule has 2 aliphatic rings. The third-order valence-corrected chi connectivity index (χ3v) is 4.68. The Balaban J connectivity index is 1.46. The summed E-state index contributed by atoms with van der Waals surface area (Å²) in [5.41, 5.74) is 0.778. The number of carbonyl (C=O) groups is 1. The molecule has 1 aromatic carbocycles. The van der Waals surface area contributed by atoms with Gasteiger partial charge in [-0.3, -0.25) is 0 Å². The van der Waals surface area contributed by atoms with E-state index in [0.29, 0.717) is 48.8 Å². The van der Waals surface area contributed by atoms with Crippen molar-refractivity contribution in [2.24, 2.45) is 0 Å². The molecule has 1 N–H and O–H groups in total. The number of fused-ring (bicyclic) bond motifs is 1. The van der Waals surface area contributed by atoms with Crippen LogP contribution in [-0.2, 0) is 0 Å². The lowest BCUT2D eigenvalue weighted by atomic mass is 9.98. The Bertz CT molecular complexity index is 797. The molecule has 4 rings (SSSR count). The highest BCUT2D eigenvalue weighted by Crippen LogP contribution is 2.36. The molecule has 3 heterocycles. The van der Waals surface area contributed by atoms with Crippen LogP contribution in [0.25, 0.3) is 11.5 Å². The third kappa shape index (κ3) is 3.41. The maximum Gasteiger partial charge on any atom is 0.317 e. The van der Waals surface area contributed by atoms with Gasteiger partial charge in [0.1, 0.15) is 0 Å². The minimum Gasteiger partial charge on any atom is -0.454 e. The highest BCUT2D eigenvalue weighted by Gasteiger charge is 2.28. The molecule has 0 aliphatic carbocycles. The zero-order valence-corrected chi connectivity index (χ0v) is 14.9. The quantitative estimate of drug-likeness (QED) is 0.822. The lowest BCUT2D eigenvalue weighted by molar-refractivity contribution is 0.173. The van der Waals surface area contributed by atoms with Crippen molar-refractivity contribution in [3.63, 3.8) is 0 Å². The van der Waals surface area contributed by atoms with Crippen LogP contribution in [0.4, 0.5) is 4.79 Å². The van der Waals surface area contributed by atoms with E-state index in [9.17, 15) is 4.79 Å². The summed E-state index contributed by atoms with van der Waals surface area (Å²) in [6.07, 6.45) is 1.79. The molecule has 1 unspecified atom stereocenters. The fourth-order valence-corrected chi connectivity index (χ4v) is 3.27. The standard InChI is InChI=1S/C17H19ClN4O4/c18-5-6-19-17(23)22-7-1-2-12(9-22)16-21-20-15(26-16)11-3-4-13-14(8-11)25-10-24-13/h3-4,8,12H,1-2,5-7,9-10H2,(H,19,23). The van der Waals surface area contributed by atoms with Crippen LogP contribution in [-0.4, -0.2) is 53.4 Å². The summed E-state index contributed by atoms with van der Waals surface area (Å²) in [5.74, 6) is 2.78. The molecule has 0 spiro atoms. The lowest BCUT2D eigenvalue weighted by Crippen LogP contribution is -2.45. The number of halogens is 1. The number of nitrogens with one attached hydrogen (secondary N) is 1. The van der Waals surface area contributed by atoms with Crippen molar-refractivity contribution in [3.8, 4) is 23.0 Å². The van der Waals surface area contributed by atoms with Crippen molar-refractivity contribution >= 4 is 17.6 Å². The van der Waals surface area contributed by atoms with Crippen LogP contribution < -0.4 is 14.8 Å². The van der Waals surface area contributed by atoms with E-state index in [-0.39, 0.29) is 18.7 Å². The molecule has 2 aromatic rings. The molecule has 1 atom stereocenters. The number of piperidine rings is 1. The molecule has 1 fully saturated rings. The topological polar surface area (TPSA) is 89.7 Å². The van der Waals surface area contributed by atoms with Crippen LogP contribution in [0.3, 0.4) is 0 Å². The van der Waals surface area contributed by atoms with Gasteiger partial charge in [-0.2, -0.15) is 0 Å². The SMILES string of the molecule is O=C(NCCCl)N1CCCC(c2nnc(-c3ccc4c(c3)OCO4)o2)C1. The minimum atomic E-state index is -0.106. The Morgan fingerprint density at radius 3 is 3.08 bits per heavy atom. The van der Waals surface area contributed by atoms with Crippen LogP contribution in [0.15, 0.2) is 22.6 Å². The number of benzene rings is 1. The van der Waals surface area contributed by atoms with Crippen molar-refractivity contribution in [1.29, 1.82) is 0 Å². The Hall–Kier alpha value is -2.48. The second-order valence-electron chi connectivity index (χ2n) is 6.22. The van der Waals surface area contributed by atoms with Crippen molar-refractivity contribution in [1.82, 2.24) is 20.4 Å². The van der Waals surface area contributed by atoms with E-state index in [1.165, 1.54) is 0 Å². The minimum absolute atomic E-state index is 0.0285. The Morgan fingerprint density at radius 2 is 2.19 bits per heavy atom. The highest BCUT2D eigenvalue weighted by molar-refractivity contribution is 6.18. The van der Waals surface area contributed by atoms with E-state index in [1.54, 1.807) is 4.90 Å². The second-order valence-corrected chi connectivity index (χ2v) is 6.60. The number of likely N-dealkylation sites (tertiary alicyclic amines) is 1. The van der Waals surface area contributed by atoms with E-state index in [1.807, 2.05) is 18.2 Å². The van der Waals surface area contributed by atoms with Gasteiger partial charge in [0.25, 0.3) is 0 Å². The first-order chi connectivity index (χ1) is 12.7. The maximum atomic E-state index is 12.1. The van der Waals surface area contributed by atoms with Crippen molar-refractivity contribution in [3.05, 3.63) is 24.1 Å². The van der Waals surface area contributed by atoms with E-state index in [2.05, 4.69) is 15.5 Å². The van der Waals surface area contributed by atoms with Crippen LogP contribution in [0.1, 0.15) is 24.7 Å². The molecular formula is C17H19ClN4O4. The van der Waals surface area contributed by atoms with Gasteiger partial charge < -0.3 is 24.1 Å². The Morgan fingerprint density at radius 1 is 1.31 bits per heavy atom. The molecule has 8 nitrogen and oxygen atoms in total. The number of ether oxygens (including phenoxy) is 2. The van der Waals surface area contributed by atoms with Crippen molar-refractivity contribution in [2.45, 2.75) is 18.8 Å². The summed E-state index contributed by atoms with van der Waals surface area (Å²) >= 11 is 5.62. The molecule has 0 saturated carbocycles. The summed E-state index contributed by atoms with van der Waals surface area (Å²) in [6, 6.07) is 5.40. The molecule has 1 aromatic heterocycles. The number of hydrogen-bond acceptors (Lipinski definition) is 6. The smallest absolute Gasteiger partial charge is 0.317 e. The molecule has 138 valence electrons. The molecule has 2 aliphatic heterocycles. The molecule has 9 heteroatoms. The Kier molecular flexibility index (Phi) is 4.83.